The van der Waals surface area contributed by atoms with Crippen LogP contribution in [-0.2, 0) is 11.2 Å². The Bertz CT molecular complexity index is 533. The van der Waals surface area contributed by atoms with Gasteiger partial charge in [-0.2, -0.15) is 0 Å². The highest BCUT2D eigenvalue weighted by Crippen LogP contribution is 2.18. The van der Waals surface area contributed by atoms with Crippen molar-refractivity contribution in [3.8, 4) is 11.5 Å². The predicted molar refractivity (Wildman–Crippen MR) is 62.3 cm³/mol. The molecule has 0 aliphatic rings. The van der Waals surface area contributed by atoms with Crippen LogP contribution in [-0.4, -0.2) is 35.0 Å². The Morgan fingerprint density at radius 1 is 1.33 bits per heavy atom. The maximum absolute atomic E-state index is 10.7. The van der Waals surface area contributed by atoms with Crippen LogP contribution >= 0.6 is 0 Å². The number of ether oxygens (including phenoxy) is 1. The summed E-state index contributed by atoms with van der Waals surface area (Å²) in [4.78, 5) is 10.7. The van der Waals surface area contributed by atoms with Crippen molar-refractivity contribution in [1.29, 1.82) is 0 Å². The quantitative estimate of drug-likeness (QED) is 0.865. The van der Waals surface area contributed by atoms with E-state index in [1.807, 2.05) is 0 Å². The van der Waals surface area contributed by atoms with Gasteiger partial charge < -0.3 is 14.3 Å². The van der Waals surface area contributed by atoms with Crippen molar-refractivity contribution in [3.05, 3.63) is 35.7 Å². The van der Waals surface area contributed by atoms with Crippen molar-refractivity contribution in [2.45, 2.75) is 6.42 Å². The third-order valence-electron chi connectivity index (χ3n) is 2.37. The van der Waals surface area contributed by atoms with Crippen molar-refractivity contribution in [2.24, 2.45) is 0 Å². The molecule has 0 aliphatic carbocycles. The number of benzene rings is 1. The van der Waals surface area contributed by atoms with Gasteiger partial charge in [0.2, 0.25) is 11.8 Å². The molecule has 0 aliphatic heterocycles. The minimum atomic E-state index is -0.965. The average molecular weight is 248 g/mol. The number of carboxylic acids is 1. The molecule has 0 spiro atoms. The third kappa shape index (κ3) is 2.72. The monoisotopic (exact) mass is 248 g/mol. The molecule has 1 aromatic carbocycles. The van der Waals surface area contributed by atoms with E-state index in [-0.39, 0.29) is 5.56 Å². The van der Waals surface area contributed by atoms with E-state index in [4.69, 9.17) is 14.3 Å². The molecular formula is C12H12N2O4. The summed E-state index contributed by atoms with van der Waals surface area (Å²) < 4.78 is 10.3. The van der Waals surface area contributed by atoms with Crippen molar-refractivity contribution >= 4 is 5.97 Å². The van der Waals surface area contributed by atoms with Gasteiger partial charge in [-0.25, -0.2) is 4.79 Å². The van der Waals surface area contributed by atoms with Crippen LogP contribution in [0.3, 0.4) is 0 Å². The van der Waals surface area contributed by atoms with Crippen molar-refractivity contribution < 1.29 is 19.1 Å². The van der Waals surface area contributed by atoms with Crippen LogP contribution in [0.5, 0.6) is 0 Å². The highest BCUT2D eigenvalue weighted by atomic mass is 16.5. The number of aromatic carboxylic acids is 1. The van der Waals surface area contributed by atoms with Crippen LogP contribution in [0, 0.1) is 0 Å². The van der Waals surface area contributed by atoms with E-state index < -0.39 is 5.97 Å². The van der Waals surface area contributed by atoms with Crippen LogP contribution < -0.4 is 0 Å². The van der Waals surface area contributed by atoms with E-state index in [2.05, 4.69) is 10.2 Å². The Hall–Kier alpha value is -2.21. The summed E-state index contributed by atoms with van der Waals surface area (Å²) in [5.74, 6) is -0.0972. The molecule has 0 saturated heterocycles. The van der Waals surface area contributed by atoms with Crippen molar-refractivity contribution in [3.63, 3.8) is 0 Å². The fraction of sp³-hybridized carbons (Fsp3) is 0.250. The third-order valence-corrected chi connectivity index (χ3v) is 2.37. The first-order valence-electron chi connectivity index (χ1n) is 5.36. The summed E-state index contributed by atoms with van der Waals surface area (Å²) in [6.45, 7) is 0.513. The summed E-state index contributed by atoms with van der Waals surface area (Å²) in [7, 11) is 1.60. The molecule has 0 radical (unpaired) electrons. The smallest absolute Gasteiger partial charge is 0.335 e. The highest BCUT2D eigenvalue weighted by molar-refractivity contribution is 5.88. The van der Waals surface area contributed by atoms with Gasteiger partial charge in [-0.3, -0.25) is 0 Å². The fourth-order valence-corrected chi connectivity index (χ4v) is 1.42. The number of methoxy groups -OCH3 is 1. The molecule has 1 heterocycles. The molecule has 6 heteroatoms. The van der Waals surface area contributed by atoms with Crippen LogP contribution in [0.15, 0.2) is 28.7 Å². The summed E-state index contributed by atoms with van der Waals surface area (Å²) in [6.07, 6.45) is 0.552. The summed E-state index contributed by atoms with van der Waals surface area (Å²) >= 11 is 0. The van der Waals surface area contributed by atoms with Gasteiger partial charge in [0.15, 0.2) is 0 Å². The molecule has 0 saturated carbocycles. The molecule has 94 valence electrons. The minimum absolute atomic E-state index is 0.220. The second-order valence-corrected chi connectivity index (χ2v) is 3.63. The molecule has 0 atom stereocenters. The number of carbonyl (C=O) groups is 1. The highest BCUT2D eigenvalue weighted by Gasteiger charge is 2.09. The summed E-state index contributed by atoms with van der Waals surface area (Å²) in [5.41, 5.74) is 0.911. The zero-order valence-corrected chi connectivity index (χ0v) is 9.79. The SMILES string of the molecule is COCCc1nnc(-c2ccc(C(=O)O)cc2)o1. The first kappa shape index (κ1) is 12.3. The van der Waals surface area contributed by atoms with E-state index in [0.717, 1.165) is 0 Å². The topological polar surface area (TPSA) is 85.5 Å². The van der Waals surface area contributed by atoms with Gasteiger partial charge in [0.25, 0.3) is 0 Å². The molecular weight excluding hydrogens is 236 g/mol. The first-order chi connectivity index (χ1) is 8.70. The molecule has 0 bridgehead atoms. The van der Waals surface area contributed by atoms with E-state index in [0.29, 0.717) is 30.4 Å². The second kappa shape index (κ2) is 5.42. The Balaban J connectivity index is 2.15. The molecule has 1 aromatic heterocycles. The molecule has 2 aromatic rings. The molecule has 0 amide bonds. The standard InChI is InChI=1S/C12H12N2O4/c1-17-7-6-10-13-14-11(18-10)8-2-4-9(5-3-8)12(15)16/h2-5H,6-7H2,1H3,(H,15,16). The molecule has 0 fully saturated rings. The van der Waals surface area contributed by atoms with E-state index in [1.54, 1.807) is 19.2 Å². The molecule has 6 nitrogen and oxygen atoms in total. The van der Waals surface area contributed by atoms with Crippen LogP contribution in [0.4, 0.5) is 0 Å². The fourth-order valence-electron chi connectivity index (χ4n) is 1.42. The maximum Gasteiger partial charge on any atom is 0.335 e. The molecule has 1 N–H and O–H groups in total. The normalized spacial score (nSPS) is 10.5. The zero-order valence-electron chi connectivity index (χ0n) is 9.79. The lowest BCUT2D eigenvalue weighted by molar-refractivity contribution is 0.0697. The Morgan fingerprint density at radius 2 is 2.06 bits per heavy atom. The maximum atomic E-state index is 10.7. The lowest BCUT2D eigenvalue weighted by atomic mass is 10.1. The Morgan fingerprint density at radius 3 is 2.67 bits per heavy atom. The number of hydrogen-bond acceptors (Lipinski definition) is 5. The molecule has 18 heavy (non-hydrogen) atoms. The van der Waals surface area contributed by atoms with Gasteiger partial charge in [0.05, 0.1) is 12.2 Å². The van der Waals surface area contributed by atoms with Crippen LogP contribution in [0.2, 0.25) is 0 Å². The van der Waals surface area contributed by atoms with E-state index >= 15 is 0 Å². The lowest BCUT2D eigenvalue weighted by Gasteiger charge is -1.96. The lowest BCUT2D eigenvalue weighted by Crippen LogP contribution is -1.94. The van der Waals surface area contributed by atoms with Crippen LogP contribution in [0.25, 0.3) is 11.5 Å². The van der Waals surface area contributed by atoms with Gasteiger partial charge in [-0.05, 0) is 24.3 Å². The molecule has 0 unspecified atom stereocenters. The zero-order chi connectivity index (χ0) is 13.0. The average Bonchev–Trinajstić information content (AvgIpc) is 2.85. The van der Waals surface area contributed by atoms with Crippen LogP contribution in [0.1, 0.15) is 16.2 Å². The Kier molecular flexibility index (Phi) is 3.69. The largest absolute Gasteiger partial charge is 0.478 e. The van der Waals surface area contributed by atoms with Gasteiger partial charge in [0, 0.05) is 19.1 Å². The van der Waals surface area contributed by atoms with Gasteiger partial charge in [0.1, 0.15) is 0 Å². The number of carboxylic acid groups (broad SMARTS) is 1. The predicted octanol–water partition coefficient (Wildman–Crippen LogP) is 1.62. The van der Waals surface area contributed by atoms with Gasteiger partial charge in [-0.15, -0.1) is 10.2 Å². The minimum Gasteiger partial charge on any atom is -0.478 e. The number of nitrogens with zero attached hydrogens (tertiary/aromatic N) is 2. The van der Waals surface area contributed by atoms with Gasteiger partial charge >= 0.3 is 5.97 Å². The van der Waals surface area contributed by atoms with E-state index in [1.165, 1.54) is 12.1 Å². The Labute approximate surface area is 103 Å². The second-order valence-electron chi connectivity index (χ2n) is 3.63. The molecule has 2 rings (SSSR count). The van der Waals surface area contributed by atoms with Gasteiger partial charge in [-0.1, -0.05) is 0 Å². The van der Waals surface area contributed by atoms with E-state index in [9.17, 15) is 4.79 Å². The van der Waals surface area contributed by atoms with Crippen molar-refractivity contribution in [1.82, 2.24) is 10.2 Å². The van der Waals surface area contributed by atoms with Crippen molar-refractivity contribution in [2.75, 3.05) is 13.7 Å². The number of rotatable bonds is 5. The number of aromatic nitrogens is 2. The summed E-state index contributed by atoms with van der Waals surface area (Å²) in [6, 6.07) is 6.27. The number of hydrogen-bond donors (Lipinski definition) is 1. The first-order valence-corrected chi connectivity index (χ1v) is 5.36. The summed E-state index contributed by atoms with van der Waals surface area (Å²) in [5, 5.41) is 16.6.